The Hall–Kier alpha value is -1.56. The molecule has 3 rings (SSSR count). The van der Waals surface area contributed by atoms with E-state index in [-0.39, 0.29) is 11.9 Å². The number of halogens is 3. The number of alkyl halides is 3. The van der Waals surface area contributed by atoms with Crippen LogP contribution >= 0.6 is 0 Å². The van der Waals surface area contributed by atoms with Gasteiger partial charge in [0.15, 0.2) is 0 Å². The van der Waals surface area contributed by atoms with Crippen LogP contribution in [0.25, 0.3) is 0 Å². The van der Waals surface area contributed by atoms with Gasteiger partial charge in [0.1, 0.15) is 0 Å². The summed E-state index contributed by atoms with van der Waals surface area (Å²) in [5.41, 5.74) is -0.209. The molecule has 0 radical (unpaired) electrons. The van der Waals surface area contributed by atoms with Gasteiger partial charge in [-0.25, -0.2) is 0 Å². The van der Waals surface area contributed by atoms with Gasteiger partial charge in [0.25, 0.3) is 0 Å². The molecule has 1 aromatic carbocycles. The second-order valence-corrected chi connectivity index (χ2v) is 7.06. The third-order valence-electron chi connectivity index (χ3n) is 5.32. The molecule has 138 valence electrons. The first-order valence-electron chi connectivity index (χ1n) is 9.12. The molecule has 0 bridgehead atoms. The first-order valence-corrected chi connectivity index (χ1v) is 9.12. The maximum Gasteiger partial charge on any atom is 0.416 e. The molecular formula is C19H25F3N2O. The zero-order chi connectivity index (χ0) is 17.9. The molecule has 0 N–H and O–H groups in total. The van der Waals surface area contributed by atoms with Crippen molar-refractivity contribution in [3.05, 3.63) is 35.4 Å². The third kappa shape index (κ3) is 4.54. The summed E-state index contributed by atoms with van der Waals surface area (Å²) in [4.78, 5) is 16.3. The number of benzene rings is 1. The molecule has 3 nitrogen and oxygen atoms in total. The lowest BCUT2D eigenvalue weighted by atomic mass is 10.0. The minimum Gasteiger partial charge on any atom is -0.340 e. The van der Waals surface area contributed by atoms with Gasteiger partial charge in [-0.15, -0.1) is 0 Å². The quantitative estimate of drug-likeness (QED) is 0.817. The van der Waals surface area contributed by atoms with Crippen LogP contribution in [0.2, 0.25) is 0 Å². The molecule has 1 aromatic rings. The number of rotatable bonds is 3. The Labute approximate surface area is 146 Å². The molecule has 2 aliphatic rings. The van der Waals surface area contributed by atoms with Crippen LogP contribution in [0.5, 0.6) is 0 Å². The first-order chi connectivity index (χ1) is 11.9. The molecule has 0 spiro atoms. The van der Waals surface area contributed by atoms with Gasteiger partial charge >= 0.3 is 6.18 Å². The zero-order valence-electron chi connectivity index (χ0n) is 14.4. The Balaban J connectivity index is 1.59. The summed E-state index contributed by atoms with van der Waals surface area (Å²) in [7, 11) is 0. The summed E-state index contributed by atoms with van der Waals surface area (Å²) in [6.45, 7) is 2.62. The summed E-state index contributed by atoms with van der Waals surface area (Å²) in [5.74, 6) is 0.248. The predicted molar refractivity (Wildman–Crippen MR) is 89.9 cm³/mol. The van der Waals surface area contributed by atoms with Crippen molar-refractivity contribution >= 4 is 5.91 Å². The van der Waals surface area contributed by atoms with Gasteiger partial charge in [0, 0.05) is 38.6 Å². The average Bonchev–Trinajstić information content (AvgIpc) is 2.80. The van der Waals surface area contributed by atoms with Crippen molar-refractivity contribution in [2.75, 3.05) is 19.6 Å². The number of hydrogen-bond acceptors (Lipinski definition) is 2. The highest BCUT2D eigenvalue weighted by Crippen LogP contribution is 2.33. The van der Waals surface area contributed by atoms with Crippen LogP contribution in [0.3, 0.4) is 0 Å². The normalized spacial score (nSPS) is 21.4. The molecule has 0 aromatic heterocycles. The van der Waals surface area contributed by atoms with Gasteiger partial charge in [-0.3, -0.25) is 9.69 Å². The minimum absolute atomic E-state index is 0.248. The van der Waals surface area contributed by atoms with Crippen molar-refractivity contribution in [3.8, 4) is 0 Å². The number of carbonyl (C=O) groups is 1. The number of nitrogens with zero attached hydrogens (tertiary/aromatic N) is 2. The third-order valence-corrected chi connectivity index (χ3v) is 5.32. The number of piperidine rings is 1. The van der Waals surface area contributed by atoms with Gasteiger partial charge in [0.05, 0.1) is 5.56 Å². The molecule has 0 saturated carbocycles. The van der Waals surface area contributed by atoms with Crippen molar-refractivity contribution in [2.24, 2.45) is 0 Å². The van der Waals surface area contributed by atoms with Gasteiger partial charge in [-0.1, -0.05) is 24.6 Å². The maximum absolute atomic E-state index is 13.1. The fourth-order valence-electron chi connectivity index (χ4n) is 3.95. The lowest BCUT2D eigenvalue weighted by Crippen LogP contribution is -2.47. The molecule has 6 heteroatoms. The SMILES string of the molecule is O=C1CCCCCN1C1CCN(Cc2ccccc2C(F)(F)F)CC1. The van der Waals surface area contributed by atoms with Crippen LogP contribution in [-0.4, -0.2) is 41.4 Å². The first kappa shape index (κ1) is 18.2. The van der Waals surface area contributed by atoms with E-state index in [1.807, 2.05) is 4.90 Å². The molecule has 2 fully saturated rings. The number of hydrogen-bond donors (Lipinski definition) is 0. The monoisotopic (exact) mass is 354 g/mol. The van der Waals surface area contributed by atoms with E-state index in [0.29, 0.717) is 18.5 Å². The van der Waals surface area contributed by atoms with E-state index in [2.05, 4.69) is 4.90 Å². The maximum atomic E-state index is 13.1. The average molecular weight is 354 g/mol. The van der Waals surface area contributed by atoms with Gasteiger partial charge in [-0.2, -0.15) is 13.2 Å². The van der Waals surface area contributed by atoms with Gasteiger partial charge < -0.3 is 4.90 Å². The second kappa shape index (κ2) is 7.77. The summed E-state index contributed by atoms with van der Waals surface area (Å²) in [6, 6.07) is 6.06. The summed E-state index contributed by atoms with van der Waals surface area (Å²) in [6.07, 6.45) is 1.16. The molecule has 0 aliphatic carbocycles. The smallest absolute Gasteiger partial charge is 0.340 e. The molecule has 2 aliphatic heterocycles. The Morgan fingerprint density at radius 1 is 1.00 bits per heavy atom. The van der Waals surface area contributed by atoms with E-state index < -0.39 is 11.7 Å². The lowest BCUT2D eigenvalue weighted by molar-refractivity contribution is -0.139. The van der Waals surface area contributed by atoms with E-state index in [9.17, 15) is 18.0 Å². The fraction of sp³-hybridized carbons (Fsp3) is 0.632. The highest BCUT2D eigenvalue weighted by atomic mass is 19.4. The highest BCUT2D eigenvalue weighted by molar-refractivity contribution is 5.76. The number of likely N-dealkylation sites (tertiary alicyclic amines) is 2. The zero-order valence-corrected chi connectivity index (χ0v) is 14.4. The van der Waals surface area contributed by atoms with Crippen molar-refractivity contribution in [1.29, 1.82) is 0 Å². The van der Waals surface area contributed by atoms with Crippen LogP contribution in [0.1, 0.15) is 49.7 Å². The molecule has 0 unspecified atom stereocenters. The van der Waals surface area contributed by atoms with E-state index in [1.54, 1.807) is 12.1 Å². The van der Waals surface area contributed by atoms with Crippen molar-refractivity contribution < 1.29 is 18.0 Å². The summed E-state index contributed by atoms with van der Waals surface area (Å²) in [5, 5.41) is 0. The Morgan fingerprint density at radius 3 is 2.44 bits per heavy atom. The van der Waals surface area contributed by atoms with Crippen LogP contribution in [0, 0.1) is 0 Å². The number of carbonyl (C=O) groups excluding carboxylic acids is 1. The van der Waals surface area contributed by atoms with Crippen LogP contribution < -0.4 is 0 Å². The van der Waals surface area contributed by atoms with Crippen molar-refractivity contribution in [2.45, 2.75) is 57.3 Å². The van der Waals surface area contributed by atoms with E-state index in [4.69, 9.17) is 0 Å². The Bertz CT molecular complexity index is 595. The van der Waals surface area contributed by atoms with Crippen LogP contribution in [0.15, 0.2) is 24.3 Å². The molecular weight excluding hydrogens is 329 g/mol. The standard InChI is InChI=1S/C19H25F3N2O/c20-19(21,22)17-7-4-3-6-15(17)14-23-12-9-16(10-13-23)24-11-5-1-2-8-18(24)25/h3-4,6-7,16H,1-2,5,8-14H2. The lowest BCUT2D eigenvalue weighted by Gasteiger charge is -2.38. The highest BCUT2D eigenvalue weighted by Gasteiger charge is 2.34. The second-order valence-electron chi connectivity index (χ2n) is 7.06. The van der Waals surface area contributed by atoms with Crippen LogP contribution in [-0.2, 0) is 17.5 Å². The van der Waals surface area contributed by atoms with E-state index >= 15 is 0 Å². The topological polar surface area (TPSA) is 23.6 Å². The summed E-state index contributed by atoms with van der Waals surface area (Å²) < 4.78 is 39.4. The van der Waals surface area contributed by atoms with Crippen molar-refractivity contribution in [3.63, 3.8) is 0 Å². The van der Waals surface area contributed by atoms with Gasteiger partial charge in [0.2, 0.25) is 5.91 Å². The fourth-order valence-corrected chi connectivity index (χ4v) is 3.95. The van der Waals surface area contributed by atoms with E-state index in [0.717, 1.165) is 57.8 Å². The molecule has 2 saturated heterocycles. The van der Waals surface area contributed by atoms with E-state index in [1.165, 1.54) is 6.07 Å². The van der Waals surface area contributed by atoms with Gasteiger partial charge in [-0.05, 0) is 37.3 Å². The molecule has 0 atom stereocenters. The Kier molecular flexibility index (Phi) is 5.67. The minimum atomic E-state index is -4.31. The summed E-state index contributed by atoms with van der Waals surface area (Å²) >= 11 is 0. The predicted octanol–water partition coefficient (Wildman–Crippen LogP) is 4.07. The number of amides is 1. The molecule has 2 heterocycles. The Morgan fingerprint density at radius 2 is 1.72 bits per heavy atom. The van der Waals surface area contributed by atoms with Crippen LogP contribution in [0.4, 0.5) is 13.2 Å². The molecule has 25 heavy (non-hydrogen) atoms. The molecule has 1 amide bonds. The van der Waals surface area contributed by atoms with Crippen molar-refractivity contribution in [1.82, 2.24) is 9.80 Å². The largest absolute Gasteiger partial charge is 0.416 e.